The van der Waals surface area contributed by atoms with E-state index in [2.05, 4.69) is 5.32 Å². The second kappa shape index (κ2) is 10.8. The van der Waals surface area contributed by atoms with Crippen LogP contribution in [0.3, 0.4) is 0 Å². The average molecular weight is 453 g/mol. The van der Waals surface area contributed by atoms with Gasteiger partial charge in [0.2, 0.25) is 5.91 Å². The van der Waals surface area contributed by atoms with Crippen LogP contribution < -0.4 is 28.6 Å². The van der Waals surface area contributed by atoms with Crippen LogP contribution in [0.5, 0.6) is 23.0 Å². The molecule has 0 fully saturated rings. The van der Waals surface area contributed by atoms with E-state index in [1.54, 1.807) is 12.1 Å². The second-order valence-electron chi connectivity index (χ2n) is 6.42. The fourth-order valence-electron chi connectivity index (χ4n) is 2.85. The topological polar surface area (TPSA) is 103 Å². The first-order chi connectivity index (χ1) is 14.8. The number of amides is 1. The van der Waals surface area contributed by atoms with Crippen LogP contribution in [0.4, 0.5) is 5.69 Å². The molecule has 0 unspecified atom stereocenters. The Morgan fingerprint density at radius 2 is 1.55 bits per heavy atom. The second-order valence-corrected chi connectivity index (χ2v) is 8.28. The van der Waals surface area contributed by atoms with Crippen LogP contribution in [0.25, 0.3) is 0 Å². The summed E-state index contributed by atoms with van der Waals surface area (Å²) in [4.78, 5) is 12.4. The lowest BCUT2D eigenvalue weighted by atomic mass is 10.2. The zero-order chi connectivity index (χ0) is 23.0. The van der Waals surface area contributed by atoms with Crippen LogP contribution in [0.15, 0.2) is 41.3 Å². The van der Waals surface area contributed by atoms with Crippen molar-refractivity contribution < 1.29 is 32.2 Å². The van der Waals surface area contributed by atoms with E-state index in [0.717, 1.165) is 10.7 Å². The first-order valence-electron chi connectivity index (χ1n) is 9.55. The summed E-state index contributed by atoms with van der Waals surface area (Å²) >= 11 is 0. The Kier molecular flexibility index (Phi) is 8.38. The van der Waals surface area contributed by atoms with E-state index in [1.165, 1.54) is 52.7 Å². The molecule has 31 heavy (non-hydrogen) atoms. The SMILES string of the molecule is CCCNC(=O)CN(c1cc(OC)ccc1OC)S(=O)(=O)c1ccc(OC)c(OC)c1. The number of carbonyl (C=O) groups is 1. The van der Waals surface area contributed by atoms with Crippen molar-refractivity contribution in [3.8, 4) is 23.0 Å². The van der Waals surface area contributed by atoms with Gasteiger partial charge in [-0.3, -0.25) is 9.10 Å². The Hall–Kier alpha value is -3.14. The molecule has 0 spiro atoms. The fraction of sp³-hybridized carbons (Fsp3) is 0.381. The summed E-state index contributed by atoms with van der Waals surface area (Å²) in [7, 11) is 1.57. The molecule has 0 radical (unpaired) electrons. The summed E-state index contributed by atoms with van der Waals surface area (Å²) in [5.74, 6) is 0.866. The van der Waals surface area contributed by atoms with Gasteiger partial charge in [0.1, 0.15) is 18.0 Å². The van der Waals surface area contributed by atoms with Crippen LogP contribution in [0, 0.1) is 0 Å². The third-order valence-electron chi connectivity index (χ3n) is 4.46. The number of hydrogen-bond donors (Lipinski definition) is 1. The van der Waals surface area contributed by atoms with Crippen molar-refractivity contribution in [2.24, 2.45) is 0 Å². The number of methoxy groups -OCH3 is 4. The lowest BCUT2D eigenvalue weighted by Gasteiger charge is -2.26. The summed E-state index contributed by atoms with van der Waals surface area (Å²) < 4.78 is 49.3. The number of benzene rings is 2. The zero-order valence-corrected chi connectivity index (χ0v) is 19.1. The summed E-state index contributed by atoms with van der Waals surface area (Å²) in [6.45, 7) is 1.89. The molecule has 0 aliphatic carbocycles. The van der Waals surface area contributed by atoms with E-state index >= 15 is 0 Å². The van der Waals surface area contributed by atoms with E-state index in [0.29, 0.717) is 18.0 Å². The molecule has 10 heteroatoms. The molecule has 0 atom stereocenters. The highest BCUT2D eigenvalue weighted by molar-refractivity contribution is 7.92. The molecule has 0 bridgehead atoms. The summed E-state index contributed by atoms with van der Waals surface area (Å²) in [6.07, 6.45) is 0.719. The predicted octanol–water partition coefficient (Wildman–Crippen LogP) is 2.44. The summed E-state index contributed by atoms with van der Waals surface area (Å²) in [5, 5.41) is 2.70. The van der Waals surface area contributed by atoms with E-state index in [-0.39, 0.29) is 22.1 Å². The van der Waals surface area contributed by atoms with Crippen molar-refractivity contribution in [2.75, 3.05) is 45.8 Å². The maximum Gasteiger partial charge on any atom is 0.265 e. The Morgan fingerprint density at radius 3 is 2.13 bits per heavy atom. The van der Waals surface area contributed by atoms with Gasteiger partial charge in [-0.15, -0.1) is 0 Å². The molecule has 2 aromatic carbocycles. The van der Waals surface area contributed by atoms with Crippen LogP contribution in [0.1, 0.15) is 13.3 Å². The zero-order valence-electron chi connectivity index (χ0n) is 18.3. The number of hydrogen-bond acceptors (Lipinski definition) is 7. The average Bonchev–Trinajstić information content (AvgIpc) is 2.79. The Balaban J connectivity index is 2.63. The van der Waals surface area contributed by atoms with Gasteiger partial charge in [0, 0.05) is 18.7 Å². The van der Waals surface area contributed by atoms with Crippen molar-refractivity contribution in [2.45, 2.75) is 18.2 Å². The van der Waals surface area contributed by atoms with Crippen molar-refractivity contribution in [1.29, 1.82) is 0 Å². The molecule has 0 aliphatic heterocycles. The van der Waals surface area contributed by atoms with E-state index in [4.69, 9.17) is 18.9 Å². The van der Waals surface area contributed by atoms with Gasteiger partial charge < -0.3 is 24.3 Å². The Labute approximate surface area is 182 Å². The molecule has 0 saturated heterocycles. The highest BCUT2D eigenvalue weighted by Crippen LogP contribution is 2.37. The number of ether oxygens (including phenoxy) is 4. The summed E-state index contributed by atoms with van der Waals surface area (Å²) in [6, 6.07) is 8.95. The lowest BCUT2D eigenvalue weighted by Crippen LogP contribution is -2.41. The van der Waals surface area contributed by atoms with E-state index < -0.39 is 22.5 Å². The first-order valence-corrected chi connectivity index (χ1v) is 11.0. The number of nitrogens with one attached hydrogen (secondary N) is 1. The number of carbonyl (C=O) groups excluding carboxylic acids is 1. The lowest BCUT2D eigenvalue weighted by molar-refractivity contribution is -0.119. The highest BCUT2D eigenvalue weighted by Gasteiger charge is 2.30. The van der Waals surface area contributed by atoms with Crippen LogP contribution in [0.2, 0.25) is 0 Å². The molecule has 0 aliphatic rings. The van der Waals surface area contributed by atoms with Gasteiger partial charge in [-0.05, 0) is 30.7 Å². The molecular formula is C21H28N2O7S. The third kappa shape index (κ3) is 5.52. The standard InChI is InChI=1S/C21H28N2O7S/c1-6-11-22-21(24)14-23(17-12-15(27-2)7-9-18(17)28-3)31(25,26)16-8-10-19(29-4)20(13-16)30-5/h7-10,12-13H,6,11,14H2,1-5H3,(H,22,24). The smallest absolute Gasteiger partial charge is 0.265 e. The molecule has 170 valence electrons. The third-order valence-corrected chi connectivity index (χ3v) is 6.21. The molecule has 0 saturated carbocycles. The van der Waals surface area contributed by atoms with Gasteiger partial charge in [-0.25, -0.2) is 8.42 Å². The quantitative estimate of drug-likeness (QED) is 0.558. The van der Waals surface area contributed by atoms with Crippen LogP contribution >= 0.6 is 0 Å². The van der Waals surface area contributed by atoms with Gasteiger partial charge in [0.15, 0.2) is 11.5 Å². The van der Waals surface area contributed by atoms with Crippen LogP contribution in [-0.4, -0.2) is 55.9 Å². The van der Waals surface area contributed by atoms with Gasteiger partial charge in [-0.1, -0.05) is 6.92 Å². The van der Waals surface area contributed by atoms with Crippen molar-refractivity contribution in [1.82, 2.24) is 5.32 Å². The summed E-state index contributed by atoms with van der Waals surface area (Å²) in [5.41, 5.74) is 0.170. The predicted molar refractivity (Wildman–Crippen MR) is 117 cm³/mol. The molecule has 1 N–H and O–H groups in total. The molecule has 0 aromatic heterocycles. The maximum absolute atomic E-state index is 13.6. The van der Waals surface area contributed by atoms with Crippen molar-refractivity contribution >= 4 is 21.6 Å². The van der Waals surface area contributed by atoms with Gasteiger partial charge in [-0.2, -0.15) is 0 Å². The minimum atomic E-state index is -4.19. The minimum Gasteiger partial charge on any atom is -0.497 e. The fourth-order valence-corrected chi connectivity index (χ4v) is 4.29. The normalized spacial score (nSPS) is 10.9. The minimum absolute atomic E-state index is 0.0710. The molecular weight excluding hydrogens is 424 g/mol. The molecule has 2 aromatic rings. The monoisotopic (exact) mass is 452 g/mol. The number of anilines is 1. The van der Waals surface area contributed by atoms with Gasteiger partial charge in [0.05, 0.1) is 39.0 Å². The largest absolute Gasteiger partial charge is 0.497 e. The van der Waals surface area contributed by atoms with Gasteiger partial charge >= 0.3 is 0 Å². The Bertz CT molecular complexity index is 1010. The van der Waals surface area contributed by atoms with Crippen molar-refractivity contribution in [3.63, 3.8) is 0 Å². The molecule has 2 rings (SSSR count). The first kappa shape index (κ1) is 24.1. The molecule has 9 nitrogen and oxygen atoms in total. The highest BCUT2D eigenvalue weighted by atomic mass is 32.2. The van der Waals surface area contributed by atoms with E-state index in [1.807, 2.05) is 6.92 Å². The number of rotatable bonds is 11. The Morgan fingerprint density at radius 1 is 0.903 bits per heavy atom. The van der Waals surface area contributed by atoms with E-state index in [9.17, 15) is 13.2 Å². The number of nitrogens with zero attached hydrogens (tertiary/aromatic N) is 1. The molecule has 1 amide bonds. The van der Waals surface area contributed by atoms with Gasteiger partial charge in [0.25, 0.3) is 10.0 Å². The number of sulfonamides is 1. The molecule has 0 heterocycles. The maximum atomic E-state index is 13.6. The van der Waals surface area contributed by atoms with Crippen molar-refractivity contribution in [3.05, 3.63) is 36.4 Å². The van der Waals surface area contributed by atoms with Crippen LogP contribution in [-0.2, 0) is 14.8 Å².